The number of aryl methyl sites for hydroxylation is 1. The molecule has 0 saturated carbocycles. The summed E-state index contributed by atoms with van der Waals surface area (Å²) in [4.78, 5) is 10.9. The Hall–Kier alpha value is -1.41. The average Bonchev–Trinajstić information content (AvgIpc) is 2.88. The second kappa shape index (κ2) is 5.30. The van der Waals surface area contributed by atoms with Crippen LogP contribution in [0.25, 0.3) is 0 Å². The predicted molar refractivity (Wildman–Crippen MR) is 64.4 cm³/mol. The Labute approximate surface area is 111 Å². The molecule has 1 aromatic heterocycles. The summed E-state index contributed by atoms with van der Waals surface area (Å²) in [7, 11) is -3.56. The van der Waals surface area contributed by atoms with Crippen molar-refractivity contribution in [1.82, 2.24) is 14.1 Å². The first kappa shape index (κ1) is 14.0. The van der Waals surface area contributed by atoms with Crippen molar-refractivity contribution in [2.24, 2.45) is 5.92 Å². The third-order valence-electron chi connectivity index (χ3n) is 3.36. The number of carboxylic acids is 1. The fraction of sp³-hybridized carbons (Fsp3) is 0.636. The molecule has 0 unspecified atom stereocenters. The molecule has 1 aliphatic rings. The van der Waals surface area contributed by atoms with Crippen LogP contribution >= 0.6 is 0 Å². The fourth-order valence-electron chi connectivity index (χ4n) is 2.13. The van der Waals surface area contributed by atoms with Gasteiger partial charge >= 0.3 is 0 Å². The highest BCUT2D eigenvalue weighted by atomic mass is 32.2. The standard InChI is InChI=1S/C11H17N3O4S/c1-2-13-8-10(7-12-13)19(17,18)14-5-3-9(4-6-14)11(15)16/h7-9H,2-6H2,1H3,(H,15,16)/p-1. The van der Waals surface area contributed by atoms with Gasteiger partial charge in [0.05, 0.1) is 6.20 Å². The minimum Gasteiger partial charge on any atom is -0.550 e. The molecule has 1 saturated heterocycles. The highest BCUT2D eigenvalue weighted by Crippen LogP contribution is 2.23. The zero-order valence-corrected chi connectivity index (χ0v) is 11.5. The summed E-state index contributed by atoms with van der Waals surface area (Å²) in [6.07, 6.45) is 3.40. The largest absolute Gasteiger partial charge is 0.550 e. The molecule has 0 bridgehead atoms. The Bertz CT molecular complexity index is 558. The van der Waals surface area contributed by atoms with E-state index >= 15 is 0 Å². The van der Waals surface area contributed by atoms with Crippen LogP contribution in [-0.4, -0.2) is 41.6 Å². The fourth-order valence-corrected chi connectivity index (χ4v) is 3.56. The molecule has 8 heteroatoms. The predicted octanol–water partition coefficient (Wildman–Crippen LogP) is -0.946. The first-order valence-electron chi connectivity index (χ1n) is 6.18. The van der Waals surface area contributed by atoms with E-state index in [1.54, 1.807) is 4.68 Å². The molecule has 2 heterocycles. The second-order valence-electron chi connectivity index (χ2n) is 4.53. The number of carbonyl (C=O) groups is 1. The van der Waals surface area contributed by atoms with Gasteiger partial charge in [0.25, 0.3) is 0 Å². The second-order valence-corrected chi connectivity index (χ2v) is 6.47. The Kier molecular flexibility index (Phi) is 3.91. The molecular weight excluding hydrogens is 270 g/mol. The molecule has 0 N–H and O–H groups in total. The molecule has 7 nitrogen and oxygen atoms in total. The molecule has 0 radical (unpaired) electrons. The van der Waals surface area contributed by atoms with Crippen LogP contribution in [0.3, 0.4) is 0 Å². The van der Waals surface area contributed by atoms with Gasteiger partial charge in [-0.25, -0.2) is 8.42 Å². The van der Waals surface area contributed by atoms with Crippen molar-refractivity contribution in [3.05, 3.63) is 12.4 Å². The molecule has 0 aliphatic carbocycles. The van der Waals surface area contributed by atoms with Crippen molar-refractivity contribution in [1.29, 1.82) is 0 Å². The van der Waals surface area contributed by atoms with Gasteiger partial charge in [-0.05, 0) is 19.8 Å². The lowest BCUT2D eigenvalue weighted by atomic mass is 9.99. The van der Waals surface area contributed by atoms with Crippen LogP contribution in [0.1, 0.15) is 19.8 Å². The van der Waals surface area contributed by atoms with Gasteiger partial charge in [-0.1, -0.05) is 0 Å². The van der Waals surface area contributed by atoms with E-state index in [-0.39, 0.29) is 18.0 Å². The molecule has 0 aromatic carbocycles. The summed E-state index contributed by atoms with van der Waals surface area (Å²) in [6, 6.07) is 0. The summed E-state index contributed by atoms with van der Waals surface area (Å²) in [5, 5.41) is 14.7. The quantitative estimate of drug-likeness (QED) is 0.711. The molecule has 1 aromatic rings. The number of hydrogen-bond acceptors (Lipinski definition) is 5. The monoisotopic (exact) mass is 286 g/mol. The zero-order chi connectivity index (χ0) is 14.0. The summed E-state index contributed by atoms with van der Waals surface area (Å²) in [5.74, 6) is -1.65. The van der Waals surface area contributed by atoms with Crippen molar-refractivity contribution in [2.75, 3.05) is 13.1 Å². The number of aromatic nitrogens is 2. The van der Waals surface area contributed by atoms with Gasteiger partial charge in [-0.2, -0.15) is 9.40 Å². The first-order chi connectivity index (χ1) is 8.95. The van der Waals surface area contributed by atoms with Gasteiger partial charge in [0.2, 0.25) is 10.0 Å². The number of aliphatic carboxylic acids is 1. The molecular formula is C11H16N3O4S-. The van der Waals surface area contributed by atoms with Gasteiger partial charge < -0.3 is 9.90 Å². The highest BCUT2D eigenvalue weighted by Gasteiger charge is 2.30. The smallest absolute Gasteiger partial charge is 0.246 e. The molecule has 19 heavy (non-hydrogen) atoms. The van der Waals surface area contributed by atoms with Crippen LogP contribution in [0, 0.1) is 5.92 Å². The molecule has 106 valence electrons. The number of rotatable bonds is 4. The van der Waals surface area contributed by atoms with Crippen molar-refractivity contribution >= 4 is 16.0 Å². The van der Waals surface area contributed by atoms with Gasteiger partial charge in [0.15, 0.2) is 0 Å². The Morgan fingerprint density at radius 2 is 2.11 bits per heavy atom. The summed E-state index contributed by atoms with van der Waals surface area (Å²) >= 11 is 0. The Morgan fingerprint density at radius 3 is 2.58 bits per heavy atom. The van der Waals surface area contributed by atoms with Crippen LogP contribution in [0.5, 0.6) is 0 Å². The number of carbonyl (C=O) groups excluding carboxylic acids is 1. The summed E-state index contributed by atoms with van der Waals surface area (Å²) in [6.45, 7) is 2.88. The lowest BCUT2D eigenvalue weighted by molar-refractivity contribution is -0.312. The van der Waals surface area contributed by atoms with Crippen LogP contribution in [0.2, 0.25) is 0 Å². The van der Waals surface area contributed by atoms with E-state index < -0.39 is 21.9 Å². The van der Waals surface area contributed by atoms with E-state index in [1.165, 1.54) is 16.7 Å². The third-order valence-corrected chi connectivity index (χ3v) is 5.21. The maximum atomic E-state index is 12.3. The molecule has 0 amide bonds. The van der Waals surface area contributed by atoms with E-state index in [2.05, 4.69) is 5.10 Å². The third kappa shape index (κ3) is 2.79. The van der Waals surface area contributed by atoms with Gasteiger partial charge in [-0.3, -0.25) is 4.68 Å². The normalized spacial score (nSPS) is 18.6. The Balaban J connectivity index is 2.11. The van der Waals surface area contributed by atoms with Crippen LogP contribution in [0.15, 0.2) is 17.3 Å². The summed E-state index contributed by atoms with van der Waals surface area (Å²) in [5.41, 5.74) is 0. The molecule has 1 aliphatic heterocycles. The van der Waals surface area contributed by atoms with E-state index in [9.17, 15) is 18.3 Å². The van der Waals surface area contributed by atoms with Crippen LogP contribution < -0.4 is 5.11 Å². The maximum Gasteiger partial charge on any atom is 0.246 e. The van der Waals surface area contributed by atoms with E-state index in [0.29, 0.717) is 19.4 Å². The molecule has 2 rings (SSSR count). The molecule has 0 spiro atoms. The van der Waals surface area contributed by atoms with Crippen molar-refractivity contribution in [3.8, 4) is 0 Å². The van der Waals surface area contributed by atoms with E-state index in [0.717, 1.165) is 0 Å². The lowest BCUT2D eigenvalue weighted by Crippen LogP contribution is -2.43. The summed E-state index contributed by atoms with van der Waals surface area (Å²) < 4.78 is 27.5. The van der Waals surface area contributed by atoms with Crippen LogP contribution in [-0.2, 0) is 21.4 Å². The number of carboxylic acid groups (broad SMARTS) is 1. The zero-order valence-electron chi connectivity index (χ0n) is 10.7. The number of hydrogen-bond donors (Lipinski definition) is 0. The van der Waals surface area contributed by atoms with Gasteiger partial charge in [0, 0.05) is 37.7 Å². The highest BCUT2D eigenvalue weighted by molar-refractivity contribution is 7.89. The van der Waals surface area contributed by atoms with Gasteiger partial charge in [-0.15, -0.1) is 0 Å². The maximum absolute atomic E-state index is 12.3. The average molecular weight is 286 g/mol. The number of nitrogens with zero attached hydrogens (tertiary/aromatic N) is 3. The van der Waals surface area contributed by atoms with E-state index in [4.69, 9.17) is 0 Å². The number of sulfonamides is 1. The van der Waals surface area contributed by atoms with Crippen LogP contribution in [0.4, 0.5) is 0 Å². The Morgan fingerprint density at radius 1 is 1.47 bits per heavy atom. The first-order valence-corrected chi connectivity index (χ1v) is 7.62. The van der Waals surface area contributed by atoms with Crippen molar-refractivity contribution in [3.63, 3.8) is 0 Å². The minimum absolute atomic E-state index is 0.154. The molecule has 0 atom stereocenters. The van der Waals surface area contributed by atoms with Crippen molar-refractivity contribution in [2.45, 2.75) is 31.2 Å². The van der Waals surface area contributed by atoms with Crippen molar-refractivity contribution < 1.29 is 18.3 Å². The lowest BCUT2D eigenvalue weighted by Gasteiger charge is -2.31. The van der Waals surface area contributed by atoms with Gasteiger partial charge in [0.1, 0.15) is 4.90 Å². The molecule has 1 fully saturated rings. The van der Waals surface area contributed by atoms with E-state index in [1.807, 2.05) is 6.92 Å². The SMILES string of the molecule is CCn1cc(S(=O)(=O)N2CCC(C(=O)[O-])CC2)cn1. The number of piperidine rings is 1. The minimum atomic E-state index is -3.56. The topological polar surface area (TPSA) is 95.3 Å².